The molecule has 2 aliphatic heterocycles. The highest BCUT2D eigenvalue weighted by Crippen LogP contribution is 2.22. The van der Waals surface area contributed by atoms with Crippen LogP contribution in [0.15, 0.2) is 23.2 Å². The number of nitrogens with zero attached hydrogens (tertiary/aromatic N) is 2. The van der Waals surface area contributed by atoms with E-state index in [0.29, 0.717) is 6.54 Å². The van der Waals surface area contributed by atoms with Crippen LogP contribution in [0, 0.1) is 0 Å². The summed E-state index contributed by atoms with van der Waals surface area (Å²) in [6, 6.07) is 6.60. The lowest BCUT2D eigenvalue weighted by Crippen LogP contribution is -2.36. The molecule has 1 unspecified atom stereocenters. The quantitative estimate of drug-likeness (QED) is 0.913. The van der Waals surface area contributed by atoms with Gasteiger partial charge in [-0.25, -0.2) is 4.79 Å². The Hall–Kier alpha value is -2.04. The molecule has 1 aromatic carbocycles. The van der Waals surface area contributed by atoms with E-state index in [1.807, 2.05) is 27.0 Å². The maximum atomic E-state index is 12.1. The Morgan fingerprint density at radius 2 is 2.23 bits per heavy atom. The van der Waals surface area contributed by atoms with Crippen LogP contribution in [0.5, 0.6) is 0 Å². The number of aliphatic imine (C=N–C) groups is 1. The monoisotopic (exact) mass is 301 g/mol. The zero-order chi connectivity index (χ0) is 15.7. The SMILES string of the molecule is CC(C)(C)OC(=O)N1CCC(Nc2ccc3c(c2)C=NC3)C1. The van der Waals surface area contributed by atoms with Crippen molar-refractivity contribution in [2.75, 3.05) is 18.4 Å². The van der Waals surface area contributed by atoms with E-state index in [0.717, 1.165) is 25.2 Å². The molecule has 0 aliphatic carbocycles. The molecule has 118 valence electrons. The Morgan fingerprint density at radius 1 is 1.41 bits per heavy atom. The summed E-state index contributed by atoms with van der Waals surface area (Å²) >= 11 is 0. The second kappa shape index (κ2) is 5.63. The molecule has 2 aliphatic rings. The average molecular weight is 301 g/mol. The van der Waals surface area contributed by atoms with Crippen molar-refractivity contribution in [3.8, 4) is 0 Å². The maximum absolute atomic E-state index is 12.1. The molecule has 1 fully saturated rings. The number of fused-ring (bicyclic) bond motifs is 1. The van der Waals surface area contributed by atoms with Crippen molar-refractivity contribution in [2.45, 2.75) is 45.4 Å². The van der Waals surface area contributed by atoms with Crippen molar-refractivity contribution >= 4 is 18.0 Å². The Labute approximate surface area is 131 Å². The van der Waals surface area contributed by atoms with Crippen LogP contribution >= 0.6 is 0 Å². The van der Waals surface area contributed by atoms with Crippen molar-refractivity contribution < 1.29 is 9.53 Å². The molecule has 1 atom stereocenters. The summed E-state index contributed by atoms with van der Waals surface area (Å²) in [5.41, 5.74) is 3.10. The first-order valence-electron chi connectivity index (χ1n) is 7.78. The number of hydrogen-bond donors (Lipinski definition) is 1. The van der Waals surface area contributed by atoms with Gasteiger partial charge in [0.25, 0.3) is 0 Å². The van der Waals surface area contributed by atoms with Crippen molar-refractivity contribution in [2.24, 2.45) is 4.99 Å². The lowest BCUT2D eigenvalue weighted by Gasteiger charge is -2.24. The van der Waals surface area contributed by atoms with Gasteiger partial charge in [-0.3, -0.25) is 4.99 Å². The first-order valence-corrected chi connectivity index (χ1v) is 7.78. The van der Waals surface area contributed by atoms with Gasteiger partial charge in [-0.15, -0.1) is 0 Å². The minimum Gasteiger partial charge on any atom is -0.444 e. The minimum atomic E-state index is -0.443. The highest BCUT2D eigenvalue weighted by atomic mass is 16.6. The number of ether oxygens (including phenoxy) is 1. The van der Waals surface area contributed by atoms with Gasteiger partial charge in [-0.05, 0) is 50.5 Å². The highest BCUT2D eigenvalue weighted by molar-refractivity contribution is 5.86. The molecule has 22 heavy (non-hydrogen) atoms. The standard InChI is InChI=1S/C17H23N3O2/c1-17(2,3)22-16(21)20-7-6-15(11-20)19-14-5-4-12-9-18-10-13(12)8-14/h4-5,8,10,15,19H,6-7,9,11H2,1-3H3. The molecule has 0 aromatic heterocycles. The van der Waals surface area contributed by atoms with E-state index in [9.17, 15) is 4.79 Å². The first-order chi connectivity index (χ1) is 10.4. The van der Waals surface area contributed by atoms with Gasteiger partial charge < -0.3 is 15.0 Å². The Balaban J connectivity index is 1.57. The van der Waals surface area contributed by atoms with Crippen molar-refractivity contribution in [3.63, 3.8) is 0 Å². The molecule has 3 rings (SSSR count). The number of carbonyl (C=O) groups excluding carboxylic acids is 1. The van der Waals surface area contributed by atoms with Gasteiger partial charge in [0, 0.05) is 31.0 Å². The summed E-state index contributed by atoms with van der Waals surface area (Å²) < 4.78 is 5.42. The lowest BCUT2D eigenvalue weighted by atomic mass is 10.1. The molecule has 2 heterocycles. The zero-order valence-electron chi connectivity index (χ0n) is 13.4. The predicted octanol–water partition coefficient (Wildman–Crippen LogP) is 3.04. The molecule has 0 saturated carbocycles. The van der Waals surface area contributed by atoms with Crippen LogP contribution < -0.4 is 5.32 Å². The van der Waals surface area contributed by atoms with E-state index in [1.54, 1.807) is 4.90 Å². The van der Waals surface area contributed by atoms with Gasteiger partial charge in [-0.1, -0.05) is 6.07 Å². The summed E-state index contributed by atoms with van der Waals surface area (Å²) in [6.07, 6.45) is 2.63. The van der Waals surface area contributed by atoms with E-state index in [-0.39, 0.29) is 12.1 Å². The van der Waals surface area contributed by atoms with E-state index in [4.69, 9.17) is 4.74 Å². The third kappa shape index (κ3) is 3.40. The molecule has 0 radical (unpaired) electrons. The number of anilines is 1. The molecule has 5 heteroatoms. The minimum absolute atomic E-state index is 0.224. The number of benzene rings is 1. The van der Waals surface area contributed by atoms with Crippen LogP contribution in [-0.4, -0.2) is 41.9 Å². The van der Waals surface area contributed by atoms with Crippen molar-refractivity contribution in [3.05, 3.63) is 29.3 Å². The fourth-order valence-electron chi connectivity index (χ4n) is 2.80. The fourth-order valence-corrected chi connectivity index (χ4v) is 2.80. The topological polar surface area (TPSA) is 53.9 Å². The molecule has 0 spiro atoms. The smallest absolute Gasteiger partial charge is 0.410 e. The highest BCUT2D eigenvalue weighted by Gasteiger charge is 2.29. The van der Waals surface area contributed by atoms with Gasteiger partial charge in [0.2, 0.25) is 0 Å². The zero-order valence-corrected chi connectivity index (χ0v) is 13.4. The molecule has 0 bridgehead atoms. The van der Waals surface area contributed by atoms with Gasteiger partial charge >= 0.3 is 6.09 Å². The van der Waals surface area contributed by atoms with E-state index >= 15 is 0 Å². The third-order valence-electron chi connectivity index (χ3n) is 3.85. The maximum Gasteiger partial charge on any atom is 0.410 e. The summed E-state index contributed by atoms with van der Waals surface area (Å²) in [6.45, 7) is 7.87. The van der Waals surface area contributed by atoms with E-state index in [1.165, 1.54) is 11.1 Å². The second-order valence-electron chi connectivity index (χ2n) is 6.94. The van der Waals surface area contributed by atoms with E-state index < -0.39 is 5.60 Å². The second-order valence-corrected chi connectivity index (χ2v) is 6.94. The van der Waals surface area contributed by atoms with Gasteiger partial charge in [0.1, 0.15) is 5.60 Å². The molecule has 5 nitrogen and oxygen atoms in total. The Kier molecular flexibility index (Phi) is 3.81. The van der Waals surface area contributed by atoms with Crippen LogP contribution in [-0.2, 0) is 11.3 Å². The van der Waals surface area contributed by atoms with Crippen LogP contribution in [0.4, 0.5) is 10.5 Å². The van der Waals surface area contributed by atoms with Crippen molar-refractivity contribution in [1.29, 1.82) is 0 Å². The average Bonchev–Trinajstić information content (AvgIpc) is 3.04. The molecule has 1 N–H and O–H groups in total. The van der Waals surface area contributed by atoms with Gasteiger partial charge in [0.15, 0.2) is 0 Å². The number of likely N-dealkylation sites (tertiary alicyclic amines) is 1. The number of amides is 1. The lowest BCUT2D eigenvalue weighted by molar-refractivity contribution is 0.0293. The summed E-state index contributed by atoms with van der Waals surface area (Å²) in [5.74, 6) is 0. The number of carbonyl (C=O) groups is 1. The summed E-state index contributed by atoms with van der Waals surface area (Å²) in [5, 5.41) is 3.51. The number of rotatable bonds is 2. The van der Waals surface area contributed by atoms with Crippen LogP contribution in [0.1, 0.15) is 38.3 Å². The number of hydrogen-bond acceptors (Lipinski definition) is 4. The predicted molar refractivity (Wildman–Crippen MR) is 87.6 cm³/mol. The van der Waals surface area contributed by atoms with Crippen molar-refractivity contribution in [1.82, 2.24) is 4.90 Å². The van der Waals surface area contributed by atoms with Crippen LogP contribution in [0.3, 0.4) is 0 Å². The summed E-state index contributed by atoms with van der Waals surface area (Å²) in [4.78, 5) is 18.1. The largest absolute Gasteiger partial charge is 0.444 e. The molecule has 1 amide bonds. The Morgan fingerprint density at radius 3 is 3.00 bits per heavy atom. The van der Waals surface area contributed by atoms with Crippen LogP contribution in [0.2, 0.25) is 0 Å². The molecular weight excluding hydrogens is 278 g/mol. The fraction of sp³-hybridized carbons (Fsp3) is 0.529. The van der Waals surface area contributed by atoms with E-state index in [2.05, 4.69) is 28.5 Å². The first kappa shape index (κ1) is 14.9. The Bertz CT molecular complexity index is 604. The molecule has 1 saturated heterocycles. The summed E-state index contributed by atoms with van der Waals surface area (Å²) in [7, 11) is 0. The van der Waals surface area contributed by atoms with Gasteiger partial charge in [-0.2, -0.15) is 0 Å². The molecular formula is C17H23N3O2. The molecule has 1 aromatic rings. The third-order valence-corrected chi connectivity index (χ3v) is 3.85. The van der Waals surface area contributed by atoms with Gasteiger partial charge in [0.05, 0.1) is 6.54 Å². The number of nitrogens with one attached hydrogen (secondary N) is 1. The van der Waals surface area contributed by atoms with Crippen LogP contribution in [0.25, 0.3) is 0 Å². The normalized spacial score (nSPS) is 20.1.